The Morgan fingerprint density at radius 3 is 2.79 bits per heavy atom. The molecule has 1 saturated heterocycles. The number of benzene rings is 2. The SMILES string of the molecule is Cc1cc(N2CC[C@H](NCc3ccc(Cl)cc3Cl)C2)ccc1C#N. The maximum Gasteiger partial charge on any atom is 0.0994 e. The fourth-order valence-electron chi connectivity index (χ4n) is 3.05. The Hall–Kier alpha value is -1.73. The lowest BCUT2D eigenvalue weighted by Gasteiger charge is -2.20. The highest BCUT2D eigenvalue weighted by Gasteiger charge is 2.22. The minimum Gasteiger partial charge on any atom is -0.370 e. The molecule has 0 radical (unpaired) electrons. The molecule has 0 unspecified atom stereocenters. The van der Waals surface area contributed by atoms with E-state index in [2.05, 4.69) is 22.4 Å². The van der Waals surface area contributed by atoms with E-state index in [9.17, 15) is 0 Å². The Balaban J connectivity index is 1.59. The van der Waals surface area contributed by atoms with Crippen LogP contribution in [0.25, 0.3) is 0 Å². The van der Waals surface area contributed by atoms with Gasteiger partial charge in [-0.15, -0.1) is 0 Å². The molecule has 1 aliphatic rings. The maximum absolute atomic E-state index is 9.04. The predicted molar refractivity (Wildman–Crippen MR) is 99.8 cm³/mol. The number of rotatable bonds is 4. The summed E-state index contributed by atoms with van der Waals surface area (Å²) >= 11 is 12.2. The molecule has 0 saturated carbocycles. The normalized spacial score (nSPS) is 17.1. The van der Waals surface area contributed by atoms with Crippen molar-refractivity contribution in [1.82, 2.24) is 5.32 Å². The van der Waals surface area contributed by atoms with Crippen LogP contribution >= 0.6 is 23.2 Å². The molecule has 1 aliphatic heterocycles. The molecule has 2 aromatic carbocycles. The van der Waals surface area contributed by atoms with Crippen LogP contribution in [-0.4, -0.2) is 19.1 Å². The molecule has 124 valence electrons. The lowest BCUT2D eigenvalue weighted by atomic mass is 10.1. The largest absolute Gasteiger partial charge is 0.370 e. The van der Waals surface area contributed by atoms with Crippen LogP contribution < -0.4 is 10.2 Å². The van der Waals surface area contributed by atoms with E-state index in [0.29, 0.717) is 16.1 Å². The molecule has 24 heavy (non-hydrogen) atoms. The van der Waals surface area contributed by atoms with Gasteiger partial charge in [0.15, 0.2) is 0 Å². The zero-order chi connectivity index (χ0) is 17.1. The molecule has 0 aromatic heterocycles. The molecule has 1 atom stereocenters. The van der Waals surface area contributed by atoms with Crippen molar-refractivity contribution in [2.24, 2.45) is 0 Å². The van der Waals surface area contributed by atoms with E-state index in [1.54, 1.807) is 6.07 Å². The van der Waals surface area contributed by atoms with Crippen LogP contribution in [0.4, 0.5) is 5.69 Å². The van der Waals surface area contributed by atoms with E-state index in [1.165, 1.54) is 5.69 Å². The van der Waals surface area contributed by atoms with E-state index >= 15 is 0 Å². The van der Waals surface area contributed by atoms with Crippen LogP contribution in [0.3, 0.4) is 0 Å². The average molecular weight is 360 g/mol. The highest BCUT2D eigenvalue weighted by molar-refractivity contribution is 6.35. The number of nitriles is 1. The molecule has 3 nitrogen and oxygen atoms in total. The molecule has 2 aromatic rings. The summed E-state index contributed by atoms with van der Waals surface area (Å²) in [5.74, 6) is 0. The minimum absolute atomic E-state index is 0.424. The number of hydrogen-bond acceptors (Lipinski definition) is 3. The van der Waals surface area contributed by atoms with Gasteiger partial charge in [0.2, 0.25) is 0 Å². The van der Waals surface area contributed by atoms with Gasteiger partial charge >= 0.3 is 0 Å². The number of anilines is 1. The van der Waals surface area contributed by atoms with Gasteiger partial charge in [0.1, 0.15) is 0 Å². The first-order chi connectivity index (χ1) is 11.6. The molecule has 0 bridgehead atoms. The number of nitrogens with one attached hydrogen (secondary N) is 1. The van der Waals surface area contributed by atoms with Crippen LogP contribution in [0.15, 0.2) is 36.4 Å². The second-order valence-corrected chi connectivity index (χ2v) is 7.00. The van der Waals surface area contributed by atoms with Gasteiger partial charge in [0.25, 0.3) is 0 Å². The van der Waals surface area contributed by atoms with E-state index in [1.807, 2.05) is 31.2 Å². The third-order valence-electron chi connectivity index (χ3n) is 4.48. The minimum atomic E-state index is 0.424. The Morgan fingerprint density at radius 1 is 1.25 bits per heavy atom. The van der Waals surface area contributed by atoms with Gasteiger partial charge in [-0.3, -0.25) is 0 Å². The van der Waals surface area contributed by atoms with Crippen molar-refractivity contribution in [3.63, 3.8) is 0 Å². The van der Waals surface area contributed by atoms with Crippen molar-refractivity contribution >= 4 is 28.9 Å². The van der Waals surface area contributed by atoms with Gasteiger partial charge in [-0.25, -0.2) is 0 Å². The van der Waals surface area contributed by atoms with Crippen LogP contribution in [0.2, 0.25) is 10.0 Å². The lowest BCUT2D eigenvalue weighted by Crippen LogP contribution is -2.32. The summed E-state index contributed by atoms with van der Waals surface area (Å²) in [4.78, 5) is 2.36. The highest BCUT2D eigenvalue weighted by atomic mass is 35.5. The molecule has 1 fully saturated rings. The highest BCUT2D eigenvalue weighted by Crippen LogP contribution is 2.24. The van der Waals surface area contributed by atoms with Crippen LogP contribution in [0.5, 0.6) is 0 Å². The second-order valence-electron chi connectivity index (χ2n) is 6.16. The first kappa shape index (κ1) is 17.1. The standard InChI is InChI=1S/C19H19Cl2N3/c1-13-8-18(5-3-14(13)10-22)24-7-6-17(12-24)23-11-15-2-4-16(20)9-19(15)21/h2-5,8-9,17,23H,6-7,11-12H2,1H3/t17-/m0/s1. The summed E-state index contributed by atoms with van der Waals surface area (Å²) in [5.41, 5.74) is 4.01. The molecule has 3 rings (SSSR count). The molecule has 0 amide bonds. The first-order valence-corrected chi connectivity index (χ1v) is 8.75. The quantitative estimate of drug-likeness (QED) is 0.870. The van der Waals surface area contributed by atoms with Gasteiger partial charge in [-0.05, 0) is 54.8 Å². The monoisotopic (exact) mass is 359 g/mol. The van der Waals surface area contributed by atoms with Crippen molar-refractivity contribution in [3.05, 3.63) is 63.1 Å². The third kappa shape index (κ3) is 3.84. The Bertz CT molecular complexity index is 783. The van der Waals surface area contributed by atoms with Crippen molar-refractivity contribution < 1.29 is 0 Å². The Kier molecular flexibility index (Phi) is 5.30. The molecule has 0 aliphatic carbocycles. The summed E-state index contributed by atoms with van der Waals surface area (Å²) in [7, 11) is 0. The molecular weight excluding hydrogens is 341 g/mol. The fraction of sp³-hybridized carbons (Fsp3) is 0.316. The zero-order valence-electron chi connectivity index (χ0n) is 13.5. The second kappa shape index (κ2) is 7.44. The van der Waals surface area contributed by atoms with Crippen molar-refractivity contribution in [2.45, 2.75) is 25.9 Å². The number of hydrogen-bond donors (Lipinski definition) is 1. The number of nitrogens with zero attached hydrogens (tertiary/aromatic N) is 2. The van der Waals surface area contributed by atoms with Crippen molar-refractivity contribution in [1.29, 1.82) is 5.26 Å². The Labute approximate surface area is 152 Å². The van der Waals surface area contributed by atoms with Gasteiger partial charge in [-0.1, -0.05) is 29.3 Å². The van der Waals surface area contributed by atoms with E-state index in [4.69, 9.17) is 28.5 Å². The van der Waals surface area contributed by atoms with Crippen molar-refractivity contribution in [3.8, 4) is 6.07 Å². The van der Waals surface area contributed by atoms with Gasteiger partial charge < -0.3 is 10.2 Å². The fourth-order valence-corrected chi connectivity index (χ4v) is 3.53. The molecular formula is C19H19Cl2N3. The molecule has 0 spiro atoms. The van der Waals surface area contributed by atoms with Gasteiger partial charge in [0, 0.05) is 41.4 Å². The number of aryl methyl sites for hydroxylation is 1. The summed E-state index contributed by atoms with van der Waals surface area (Å²) in [6.45, 7) is 4.69. The smallest absolute Gasteiger partial charge is 0.0994 e. The summed E-state index contributed by atoms with van der Waals surface area (Å²) < 4.78 is 0. The van der Waals surface area contributed by atoms with Crippen LogP contribution in [0, 0.1) is 18.3 Å². The Morgan fingerprint density at radius 2 is 2.08 bits per heavy atom. The van der Waals surface area contributed by atoms with Gasteiger partial charge in [-0.2, -0.15) is 5.26 Å². The zero-order valence-corrected chi connectivity index (χ0v) is 15.0. The number of halogens is 2. The summed E-state index contributed by atoms with van der Waals surface area (Å²) in [6.07, 6.45) is 1.09. The lowest BCUT2D eigenvalue weighted by molar-refractivity contribution is 0.551. The predicted octanol–water partition coefficient (Wildman–Crippen LogP) is 4.54. The van der Waals surface area contributed by atoms with Crippen LogP contribution in [-0.2, 0) is 6.54 Å². The third-order valence-corrected chi connectivity index (χ3v) is 5.07. The maximum atomic E-state index is 9.04. The topological polar surface area (TPSA) is 39.1 Å². The average Bonchev–Trinajstić information content (AvgIpc) is 3.03. The first-order valence-electron chi connectivity index (χ1n) is 8.00. The van der Waals surface area contributed by atoms with Crippen molar-refractivity contribution in [2.75, 3.05) is 18.0 Å². The molecule has 5 heteroatoms. The summed E-state index contributed by atoms with van der Waals surface area (Å²) in [5, 5.41) is 14.0. The molecule has 1 N–H and O–H groups in total. The van der Waals surface area contributed by atoms with Gasteiger partial charge in [0.05, 0.1) is 11.6 Å². The molecule has 1 heterocycles. The van der Waals surface area contributed by atoms with E-state index in [0.717, 1.165) is 42.7 Å². The van der Waals surface area contributed by atoms with E-state index < -0.39 is 0 Å². The van der Waals surface area contributed by atoms with E-state index in [-0.39, 0.29) is 0 Å². The summed E-state index contributed by atoms with van der Waals surface area (Å²) in [6, 6.07) is 14.3. The van der Waals surface area contributed by atoms with Crippen LogP contribution in [0.1, 0.15) is 23.1 Å².